The van der Waals surface area contributed by atoms with Gasteiger partial charge < -0.3 is 0 Å². The van der Waals surface area contributed by atoms with Gasteiger partial charge in [-0.05, 0) is 24.7 Å². The van der Waals surface area contributed by atoms with Crippen LogP contribution < -0.4 is 10.6 Å². The number of barbiturate groups is 1. The van der Waals surface area contributed by atoms with Crippen LogP contribution in [0.25, 0.3) is 0 Å². The summed E-state index contributed by atoms with van der Waals surface area (Å²) < 4.78 is 0. The van der Waals surface area contributed by atoms with Crippen molar-refractivity contribution in [3.63, 3.8) is 0 Å². The summed E-state index contributed by atoms with van der Waals surface area (Å²) in [6, 6.07) is -0.701. The Morgan fingerprint density at radius 2 is 1.75 bits per heavy atom. The average molecular weight is 224 g/mol. The van der Waals surface area contributed by atoms with Gasteiger partial charge in [0.2, 0.25) is 11.8 Å². The predicted molar refractivity (Wildman–Crippen MR) is 56.3 cm³/mol. The summed E-state index contributed by atoms with van der Waals surface area (Å²) in [6.07, 6.45) is 2.05. The monoisotopic (exact) mass is 224 g/mol. The molecule has 2 fully saturated rings. The van der Waals surface area contributed by atoms with Crippen molar-refractivity contribution in [1.29, 1.82) is 0 Å². The van der Waals surface area contributed by atoms with Crippen molar-refractivity contribution in [2.24, 2.45) is 17.3 Å². The maximum absolute atomic E-state index is 11.9. The number of rotatable bonds is 1. The molecule has 5 heteroatoms. The molecule has 1 spiro atoms. The summed E-state index contributed by atoms with van der Waals surface area (Å²) in [6.45, 7) is 4.11. The molecule has 5 nitrogen and oxygen atoms in total. The molecule has 2 aliphatic rings. The molecule has 88 valence electrons. The minimum Gasteiger partial charge on any atom is -0.277 e. The van der Waals surface area contributed by atoms with Crippen LogP contribution in [0.15, 0.2) is 0 Å². The van der Waals surface area contributed by atoms with Gasteiger partial charge >= 0.3 is 6.03 Å². The van der Waals surface area contributed by atoms with Gasteiger partial charge in [-0.25, -0.2) is 4.79 Å². The lowest BCUT2D eigenvalue weighted by atomic mass is 9.81. The van der Waals surface area contributed by atoms with Crippen LogP contribution in [0.3, 0.4) is 0 Å². The first-order chi connectivity index (χ1) is 7.49. The molecule has 0 unspecified atom stereocenters. The standard InChI is InChI=1S/C11H16N2O3/c1-3-7-5-11(4-6(7)2)8(14)12-10(16)13-9(11)15/h6-7H,3-5H2,1-2H3,(H2,12,13,14,15,16)/t6-,7-/m1/s1. The van der Waals surface area contributed by atoms with Crippen molar-refractivity contribution < 1.29 is 14.4 Å². The third kappa shape index (κ3) is 1.42. The minimum atomic E-state index is -1.01. The van der Waals surface area contributed by atoms with Crippen molar-refractivity contribution in [3.05, 3.63) is 0 Å². The van der Waals surface area contributed by atoms with Gasteiger partial charge in [-0.2, -0.15) is 0 Å². The molecule has 16 heavy (non-hydrogen) atoms. The van der Waals surface area contributed by atoms with Crippen LogP contribution in [-0.4, -0.2) is 17.8 Å². The minimum absolute atomic E-state index is 0.342. The molecule has 1 saturated carbocycles. The second-order valence-corrected chi connectivity index (χ2v) is 4.87. The average Bonchev–Trinajstić information content (AvgIpc) is 2.54. The van der Waals surface area contributed by atoms with Crippen LogP contribution in [0.5, 0.6) is 0 Å². The Bertz CT molecular complexity index is 344. The third-order valence-corrected chi connectivity index (χ3v) is 3.93. The van der Waals surface area contributed by atoms with E-state index < -0.39 is 23.3 Å². The summed E-state index contributed by atoms with van der Waals surface area (Å²) in [5.41, 5.74) is -1.01. The quantitative estimate of drug-likeness (QED) is 0.647. The molecule has 1 heterocycles. The van der Waals surface area contributed by atoms with Gasteiger partial charge in [0.15, 0.2) is 0 Å². The SMILES string of the molecule is CC[C@@H]1CC2(C[C@H]1C)C(=O)NC(=O)NC2=O. The summed E-state index contributed by atoms with van der Waals surface area (Å²) in [4.78, 5) is 34.7. The van der Waals surface area contributed by atoms with Gasteiger partial charge in [-0.3, -0.25) is 20.2 Å². The summed E-state index contributed by atoms with van der Waals surface area (Å²) in [7, 11) is 0. The zero-order valence-corrected chi connectivity index (χ0v) is 9.50. The third-order valence-electron chi connectivity index (χ3n) is 3.93. The topological polar surface area (TPSA) is 75.3 Å². The molecule has 0 radical (unpaired) electrons. The summed E-state index contributed by atoms with van der Waals surface area (Å²) >= 11 is 0. The van der Waals surface area contributed by atoms with Crippen LogP contribution >= 0.6 is 0 Å². The number of hydrogen-bond acceptors (Lipinski definition) is 3. The first-order valence-corrected chi connectivity index (χ1v) is 5.66. The van der Waals surface area contributed by atoms with E-state index in [1.54, 1.807) is 0 Å². The molecule has 2 atom stereocenters. The molecule has 1 aliphatic heterocycles. The molecular weight excluding hydrogens is 208 g/mol. The Balaban J connectivity index is 2.28. The second-order valence-electron chi connectivity index (χ2n) is 4.87. The number of urea groups is 1. The molecule has 1 saturated heterocycles. The van der Waals surface area contributed by atoms with Crippen molar-refractivity contribution >= 4 is 17.8 Å². The molecule has 0 bridgehead atoms. The normalized spacial score (nSPS) is 32.8. The van der Waals surface area contributed by atoms with Crippen LogP contribution in [0.2, 0.25) is 0 Å². The van der Waals surface area contributed by atoms with E-state index >= 15 is 0 Å². The van der Waals surface area contributed by atoms with Gasteiger partial charge in [0.25, 0.3) is 0 Å². The predicted octanol–water partition coefficient (Wildman–Crippen LogP) is 0.795. The molecule has 2 rings (SSSR count). The fourth-order valence-electron chi connectivity index (χ4n) is 2.95. The van der Waals surface area contributed by atoms with Gasteiger partial charge in [0.05, 0.1) is 0 Å². The van der Waals surface area contributed by atoms with Crippen LogP contribution in [0.4, 0.5) is 4.79 Å². The summed E-state index contributed by atoms with van der Waals surface area (Å²) in [5, 5.41) is 4.40. The lowest BCUT2D eigenvalue weighted by Gasteiger charge is -2.30. The van der Waals surface area contributed by atoms with Gasteiger partial charge in [0, 0.05) is 0 Å². The molecule has 0 aromatic carbocycles. The second kappa shape index (κ2) is 3.57. The number of nitrogens with one attached hydrogen (secondary N) is 2. The highest BCUT2D eigenvalue weighted by Gasteiger charge is 2.56. The van der Waals surface area contributed by atoms with E-state index in [1.165, 1.54) is 0 Å². The lowest BCUT2D eigenvalue weighted by molar-refractivity contribution is -0.144. The number of carbonyl (C=O) groups is 3. The number of amides is 4. The fraction of sp³-hybridized carbons (Fsp3) is 0.727. The Labute approximate surface area is 94.0 Å². The highest BCUT2D eigenvalue weighted by atomic mass is 16.2. The summed E-state index contributed by atoms with van der Waals surface area (Å²) in [5.74, 6) is -0.132. The smallest absolute Gasteiger partial charge is 0.277 e. The zero-order valence-electron chi connectivity index (χ0n) is 9.50. The van der Waals surface area contributed by atoms with Gasteiger partial charge in [0.1, 0.15) is 5.41 Å². The maximum Gasteiger partial charge on any atom is 0.328 e. The van der Waals surface area contributed by atoms with E-state index in [4.69, 9.17) is 0 Å². The largest absolute Gasteiger partial charge is 0.328 e. The highest BCUT2D eigenvalue weighted by Crippen LogP contribution is 2.47. The van der Waals surface area contributed by atoms with Crippen LogP contribution in [0, 0.1) is 17.3 Å². The fourth-order valence-corrected chi connectivity index (χ4v) is 2.95. The Morgan fingerprint density at radius 1 is 1.19 bits per heavy atom. The van der Waals surface area contributed by atoms with E-state index in [0.717, 1.165) is 6.42 Å². The molecule has 0 aromatic heterocycles. The van der Waals surface area contributed by atoms with E-state index in [1.807, 2.05) is 0 Å². The Morgan fingerprint density at radius 3 is 2.19 bits per heavy atom. The van der Waals surface area contributed by atoms with Crippen molar-refractivity contribution in [2.75, 3.05) is 0 Å². The van der Waals surface area contributed by atoms with E-state index in [2.05, 4.69) is 24.5 Å². The first-order valence-electron chi connectivity index (χ1n) is 5.66. The maximum atomic E-state index is 11.9. The number of hydrogen-bond donors (Lipinski definition) is 2. The number of imide groups is 2. The van der Waals surface area contributed by atoms with Crippen molar-refractivity contribution in [1.82, 2.24) is 10.6 Å². The molecule has 1 aliphatic carbocycles. The van der Waals surface area contributed by atoms with Crippen LogP contribution in [-0.2, 0) is 9.59 Å². The van der Waals surface area contributed by atoms with E-state index in [0.29, 0.717) is 24.7 Å². The molecule has 0 aromatic rings. The lowest BCUT2D eigenvalue weighted by Crippen LogP contribution is -2.61. The molecule has 2 N–H and O–H groups in total. The van der Waals surface area contributed by atoms with E-state index in [-0.39, 0.29) is 0 Å². The first kappa shape index (κ1) is 11.1. The van der Waals surface area contributed by atoms with Crippen molar-refractivity contribution in [2.45, 2.75) is 33.1 Å². The zero-order chi connectivity index (χ0) is 11.9. The Hall–Kier alpha value is -1.39. The van der Waals surface area contributed by atoms with Crippen LogP contribution in [0.1, 0.15) is 33.1 Å². The van der Waals surface area contributed by atoms with Gasteiger partial charge in [-0.1, -0.05) is 20.3 Å². The number of carbonyl (C=O) groups excluding carboxylic acids is 3. The van der Waals surface area contributed by atoms with Gasteiger partial charge in [-0.15, -0.1) is 0 Å². The van der Waals surface area contributed by atoms with Crippen molar-refractivity contribution in [3.8, 4) is 0 Å². The molecular formula is C11H16N2O3. The highest BCUT2D eigenvalue weighted by molar-refractivity contribution is 6.19. The van der Waals surface area contributed by atoms with E-state index in [9.17, 15) is 14.4 Å². The Kier molecular flexibility index (Phi) is 2.48. The molecule has 4 amide bonds.